The zero-order valence-electron chi connectivity index (χ0n) is 10.5. The van der Waals surface area contributed by atoms with E-state index in [2.05, 4.69) is 25.0 Å². The minimum absolute atomic E-state index is 0.200. The van der Waals surface area contributed by atoms with Gasteiger partial charge in [0.2, 0.25) is 0 Å². The second-order valence-electron chi connectivity index (χ2n) is 3.98. The van der Waals surface area contributed by atoms with E-state index in [9.17, 15) is 9.59 Å². The predicted octanol–water partition coefficient (Wildman–Crippen LogP) is 0.293. The van der Waals surface area contributed by atoms with Crippen molar-refractivity contribution in [2.45, 2.75) is 19.8 Å². The van der Waals surface area contributed by atoms with Gasteiger partial charge in [-0.05, 0) is 18.1 Å². The van der Waals surface area contributed by atoms with E-state index in [1.165, 1.54) is 6.20 Å². The van der Waals surface area contributed by atoms with Crippen molar-refractivity contribution in [1.82, 2.24) is 20.4 Å². The molecule has 2 rings (SSSR count). The number of rotatable bonds is 5. The first-order valence-corrected chi connectivity index (χ1v) is 5.96. The first kappa shape index (κ1) is 13.0. The molecule has 0 aromatic carbocycles. The highest BCUT2D eigenvalue weighted by Crippen LogP contribution is 2.03. The molecule has 0 atom stereocenters. The summed E-state index contributed by atoms with van der Waals surface area (Å²) in [5.41, 5.74) is 1.53. The van der Waals surface area contributed by atoms with Gasteiger partial charge < -0.3 is 5.32 Å². The summed E-state index contributed by atoms with van der Waals surface area (Å²) in [6.07, 6.45) is 4.48. The lowest BCUT2D eigenvalue weighted by Gasteiger charge is -2.04. The highest BCUT2D eigenvalue weighted by molar-refractivity contribution is 5.93. The number of amides is 1. The zero-order chi connectivity index (χ0) is 13.7. The van der Waals surface area contributed by atoms with Gasteiger partial charge >= 0.3 is 5.76 Å². The summed E-state index contributed by atoms with van der Waals surface area (Å²) in [5, 5.41) is 6.23. The number of aryl methyl sites for hydroxylation is 1. The smallest absolute Gasteiger partial charge is 0.352 e. The van der Waals surface area contributed by atoms with Crippen LogP contribution in [0.3, 0.4) is 0 Å². The van der Waals surface area contributed by atoms with Crippen molar-refractivity contribution >= 4 is 5.91 Å². The van der Waals surface area contributed by atoms with Crippen LogP contribution in [-0.4, -0.2) is 27.6 Å². The maximum absolute atomic E-state index is 11.8. The Morgan fingerprint density at radius 3 is 3.00 bits per heavy atom. The van der Waals surface area contributed by atoms with E-state index in [1.807, 2.05) is 6.92 Å². The fourth-order valence-corrected chi connectivity index (χ4v) is 1.57. The van der Waals surface area contributed by atoms with Crippen LogP contribution in [0.15, 0.2) is 27.8 Å². The number of hydrogen-bond donors (Lipinski definition) is 2. The van der Waals surface area contributed by atoms with Gasteiger partial charge in [-0.15, -0.1) is 0 Å². The number of carbonyl (C=O) groups excluding carboxylic acids is 1. The van der Waals surface area contributed by atoms with Gasteiger partial charge in [-0.25, -0.2) is 4.79 Å². The highest BCUT2D eigenvalue weighted by Gasteiger charge is 2.07. The van der Waals surface area contributed by atoms with Crippen LogP contribution in [0.25, 0.3) is 0 Å². The van der Waals surface area contributed by atoms with Crippen LogP contribution in [0.1, 0.15) is 28.7 Å². The zero-order valence-corrected chi connectivity index (χ0v) is 10.5. The summed E-state index contributed by atoms with van der Waals surface area (Å²) in [6.45, 7) is 2.36. The number of nitrogens with zero attached hydrogens (tertiary/aromatic N) is 2. The molecule has 7 nitrogen and oxygen atoms in total. The lowest BCUT2D eigenvalue weighted by atomic mass is 10.1. The SMILES string of the molecule is CCc1cncc(C(=O)NCCc2noc(=O)[nH]2)c1. The van der Waals surface area contributed by atoms with Crippen LogP contribution >= 0.6 is 0 Å². The molecule has 2 aromatic rings. The van der Waals surface area contributed by atoms with Crippen LogP contribution in [-0.2, 0) is 12.8 Å². The predicted molar refractivity (Wildman–Crippen MR) is 66.8 cm³/mol. The van der Waals surface area contributed by atoms with Crippen LogP contribution in [0.5, 0.6) is 0 Å². The third-order valence-electron chi connectivity index (χ3n) is 2.60. The molecule has 0 aliphatic heterocycles. The molecule has 2 aromatic heterocycles. The summed E-state index contributed by atoms with van der Waals surface area (Å²) < 4.78 is 4.35. The van der Waals surface area contributed by atoms with E-state index in [0.29, 0.717) is 24.4 Å². The van der Waals surface area contributed by atoms with Gasteiger partial charge in [0.05, 0.1) is 5.56 Å². The fraction of sp³-hybridized carbons (Fsp3) is 0.333. The summed E-state index contributed by atoms with van der Waals surface area (Å²) in [7, 11) is 0. The van der Waals surface area contributed by atoms with Crippen LogP contribution in [0, 0.1) is 0 Å². The normalized spacial score (nSPS) is 10.4. The van der Waals surface area contributed by atoms with Crippen LogP contribution in [0.4, 0.5) is 0 Å². The topological polar surface area (TPSA) is 101 Å². The van der Waals surface area contributed by atoms with E-state index < -0.39 is 5.76 Å². The molecule has 0 aliphatic carbocycles. The molecule has 0 radical (unpaired) electrons. The van der Waals surface area contributed by atoms with Gasteiger partial charge in [-0.1, -0.05) is 12.1 Å². The number of carbonyl (C=O) groups is 1. The second kappa shape index (κ2) is 5.94. The Labute approximate surface area is 109 Å². The Balaban J connectivity index is 1.88. The molecule has 0 aliphatic rings. The average Bonchev–Trinajstić information content (AvgIpc) is 2.84. The van der Waals surface area contributed by atoms with E-state index in [-0.39, 0.29) is 5.91 Å². The number of aromatic nitrogens is 3. The number of aromatic amines is 1. The second-order valence-corrected chi connectivity index (χ2v) is 3.98. The van der Waals surface area contributed by atoms with E-state index in [4.69, 9.17) is 0 Å². The molecular weight excluding hydrogens is 248 g/mol. The monoisotopic (exact) mass is 262 g/mol. The molecule has 0 unspecified atom stereocenters. The van der Waals surface area contributed by atoms with Crippen LogP contribution < -0.4 is 11.1 Å². The van der Waals surface area contributed by atoms with Gasteiger partial charge in [0, 0.05) is 25.4 Å². The van der Waals surface area contributed by atoms with Gasteiger partial charge in [0.1, 0.15) is 0 Å². The first-order valence-electron chi connectivity index (χ1n) is 5.96. The minimum Gasteiger partial charge on any atom is -0.352 e. The summed E-state index contributed by atoms with van der Waals surface area (Å²) in [4.78, 5) is 29.0. The van der Waals surface area contributed by atoms with Crippen molar-refractivity contribution in [1.29, 1.82) is 0 Å². The molecule has 0 fully saturated rings. The Morgan fingerprint density at radius 2 is 2.32 bits per heavy atom. The van der Waals surface area contributed by atoms with E-state index >= 15 is 0 Å². The van der Waals surface area contributed by atoms with Crippen molar-refractivity contribution in [2.75, 3.05) is 6.54 Å². The van der Waals surface area contributed by atoms with Gasteiger partial charge in [0.15, 0.2) is 5.82 Å². The van der Waals surface area contributed by atoms with Gasteiger partial charge in [0.25, 0.3) is 5.91 Å². The van der Waals surface area contributed by atoms with Crippen molar-refractivity contribution in [3.05, 3.63) is 46.0 Å². The number of pyridine rings is 1. The number of H-pyrrole nitrogens is 1. The largest absolute Gasteiger partial charge is 0.438 e. The minimum atomic E-state index is -0.596. The van der Waals surface area contributed by atoms with Crippen molar-refractivity contribution in [3.8, 4) is 0 Å². The molecule has 2 heterocycles. The first-order chi connectivity index (χ1) is 9.19. The molecule has 100 valence electrons. The third-order valence-corrected chi connectivity index (χ3v) is 2.60. The van der Waals surface area contributed by atoms with Gasteiger partial charge in [-0.3, -0.25) is 19.3 Å². The molecule has 2 N–H and O–H groups in total. The molecular formula is C12H14N4O3. The molecule has 0 spiro atoms. The summed E-state index contributed by atoms with van der Waals surface area (Å²) in [5.74, 6) is -0.388. The summed E-state index contributed by atoms with van der Waals surface area (Å²) >= 11 is 0. The van der Waals surface area contributed by atoms with Crippen molar-refractivity contribution in [2.24, 2.45) is 0 Å². The Kier molecular flexibility index (Phi) is 4.07. The number of nitrogens with one attached hydrogen (secondary N) is 2. The molecule has 0 saturated carbocycles. The Morgan fingerprint density at radius 1 is 1.47 bits per heavy atom. The Hall–Kier alpha value is -2.44. The van der Waals surface area contributed by atoms with E-state index in [1.54, 1.807) is 12.3 Å². The summed E-state index contributed by atoms with van der Waals surface area (Å²) in [6, 6.07) is 1.81. The molecule has 19 heavy (non-hydrogen) atoms. The van der Waals surface area contributed by atoms with Gasteiger partial charge in [-0.2, -0.15) is 0 Å². The number of hydrogen-bond acceptors (Lipinski definition) is 5. The maximum Gasteiger partial charge on any atom is 0.438 e. The van der Waals surface area contributed by atoms with E-state index in [0.717, 1.165) is 12.0 Å². The average molecular weight is 262 g/mol. The lowest BCUT2D eigenvalue weighted by molar-refractivity contribution is 0.0953. The van der Waals surface area contributed by atoms with Crippen molar-refractivity contribution in [3.63, 3.8) is 0 Å². The molecule has 0 saturated heterocycles. The lowest BCUT2D eigenvalue weighted by Crippen LogP contribution is -2.26. The fourth-order valence-electron chi connectivity index (χ4n) is 1.57. The Bertz CT molecular complexity index is 617. The van der Waals surface area contributed by atoms with Crippen molar-refractivity contribution < 1.29 is 9.32 Å². The third kappa shape index (κ3) is 3.51. The standard InChI is InChI=1S/C12H14N4O3/c1-2-8-5-9(7-13-6-8)11(17)14-4-3-10-15-12(18)19-16-10/h5-7H,2-4H2,1H3,(H,14,17)(H,15,16,18). The highest BCUT2D eigenvalue weighted by atomic mass is 16.5. The van der Waals surface area contributed by atoms with Crippen LogP contribution in [0.2, 0.25) is 0 Å². The maximum atomic E-state index is 11.8. The molecule has 0 bridgehead atoms. The molecule has 7 heteroatoms. The molecule has 1 amide bonds. The quantitative estimate of drug-likeness (QED) is 0.806.